The van der Waals surface area contributed by atoms with Gasteiger partial charge in [-0.2, -0.15) is 0 Å². The third kappa shape index (κ3) is 2.70. The van der Waals surface area contributed by atoms with Gasteiger partial charge in [-0.15, -0.1) is 0 Å². The van der Waals surface area contributed by atoms with E-state index in [1.54, 1.807) is 0 Å². The van der Waals surface area contributed by atoms with Gasteiger partial charge in [-0.1, -0.05) is 12.1 Å². The van der Waals surface area contributed by atoms with Crippen molar-refractivity contribution < 1.29 is 4.74 Å². The Kier molecular flexibility index (Phi) is 3.74. The predicted molar refractivity (Wildman–Crippen MR) is 79.0 cm³/mol. The molecule has 2 aromatic rings. The number of imidazole rings is 1. The third-order valence-corrected chi connectivity index (χ3v) is 3.75. The van der Waals surface area contributed by atoms with E-state index in [1.807, 2.05) is 12.1 Å². The lowest BCUT2D eigenvalue weighted by Gasteiger charge is -2.16. The van der Waals surface area contributed by atoms with E-state index in [0.29, 0.717) is 6.61 Å². The smallest absolute Gasteiger partial charge is 0.119 e. The Labute approximate surface area is 119 Å². The molecule has 0 spiro atoms. The van der Waals surface area contributed by atoms with Crippen molar-refractivity contribution in [2.24, 2.45) is 0 Å². The fourth-order valence-electron chi connectivity index (χ4n) is 2.76. The van der Waals surface area contributed by atoms with Crippen LogP contribution >= 0.6 is 0 Å². The Morgan fingerprint density at radius 2 is 2.25 bits per heavy atom. The van der Waals surface area contributed by atoms with Crippen molar-refractivity contribution in [2.75, 3.05) is 13.2 Å². The minimum atomic E-state index is 0.681. The summed E-state index contributed by atoms with van der Waals surface area (Å²) in [6, 6.07) is 8.18. The highest BCUT2D eigenvalue weighted by molar-refractivity contribution is 5.27. The van der Waals surface area contributed by atoms with Crippen molar-refractivity contribution in [2.45, 2.75) is 33.4 Å². The third-order valence-electron chi connectivity index (χ3n) is 3.75. The summed E-state index contributed by atoms with van der Waals surface area (Å²) in [4.78, 5) is 4.64. The molecule has 1 aromatic heterocycles. The van der Waals surface area contributed by atoms with Gasteiger partial charge in [0.05, 0.1) is 12.2 Å². The summed E-state index contributed by atoms with van der Waals surface area (Å²) < 4.78 is 8.14. The molecule has 20 heavy (non-hydrogen) atoms. The SMILES string of the molecule is Cc1cccc(OCCn2c(C)nc3c2CCNC3)c1. The zero-order chi connectivity index (χ0) is 13.9. The van der Waals surface area contributed by atoms with Gasteiger partial charge in [-0.25, -0.2) is 4.98 Å². The number of nitrogens with one attached hydrogen (secondary N) is 1. The summed E-state index contributed by atoms with van der Waals surface area (Å²) in [5, 5.41) is 3.36. The molecule has 0 saturated carbocycles. The molecule has 0 atom stereocenters. The first-order chi connectivity index (χ1) is 9.74. The van der Waals surface area contributed by atoms with Crippen LogP contribution in [-0.4, -0.2) is 22.7 Å². The van der Waals surface area contributed by atoms with Crippen LogP contribution in [0.4, 0.5) is 0 Å². The predicted octanol–water partition coefficient (Wildman–Crippen LogP) is 2.22. The maximum Gasteiger partial charge on any atom is 0.119 e. The zero-order valence-electron chi connectivity index (χ0n) is 12.1. The lowest BCUT2D eigenvalue weighted by Crippen LogP contribution is -2.25. The molecule has 0 radical (unpaired) electrons. The van der Waals surface area contributed by atoms with E-state index in [1.165, 1.54) is 17.0 Å². The highest BCUT2D eigenvalue weighted by Gasteiger charge is 2.17. The molecule has 0 aliphatic carbocycles. The average Bonchev–Trinajstić information content (AvgIpc) is 2.75. The van der Waals surface area contributed by atoms with Crippen LogP contribution in [0.3, 0.4) is 0 Å². The van der Waals surface area contributed by atoms with Gasteiger partial charge < -0.3 is 14.6 Å². The summed E-state index contributed by atoms with van der Waals surface area (Å²) in [5.41, 5.74) is 3.79. The molecule has 0 fully saturated rings. The Balaban J connectivity index is 1.65. The molecule has 4 nitrogen and oxygen atoms in total. The van der Waals surface area contributed by atoms with Gasteiger partial charge in [0.1, 0.15) is 18.2 Å². The Hall–Kier alpha value is -1.81. The van der Waals surface area contributed by atoms with Crippen molar-refractivity contribution in [3.63, 3.8) is 0 Å². The fraction of sp³-hybridized carbons (Fsp3) is 0.438. The molecule has 0 unspecified atom stereocenters. The van der Waals surface area contributed by atoms with Crippen LogP contribution in [0.5, 0.6) is 5.75 Å². The topological polar surface area (TPSA) is 39.1 Å². The van der Waals surface area contributed by atoms with E-state index >= 15 is 0 Å². The zero-order valence-corrected chi connectivity index (χ0v) is 12.1. The monoisotopic (exact) mass is 271 g/mol. The highest BCUT2D eigenvalue weighted by atomic mass is 16.5. The number of hydrogen-bond donors (Lipinski definition) is 1. The standard InChI is InChI=1S/C16H21N3O/c1-12-4-3-5-14(10-12)20-9-8-19-13(2)18-15-11-17-7-6-16(15)19/h3-5,10,17H,6-9,11H2,1-2H3. The Bertz CT molecular complexity index is 604. The van der Waals surface area contributed by atoms with Gasteiger partial charge in [0.25, 0.3) is 0 Å². The number of hydrogen-bond acceptors (Lipinski definition) is 3. The van der Waals surface area contributed by atoms with E-state index < -0.39 is 0 Å². The van der Waals surface area contributed by atoms with Crippen LogP contribution in [0.2, 0.25) is 0 Å². The van der Waals surface area contributed by atoms with Crippen LogP contribution in [0.15, 0.2) is 24.3 Å². The second-order valence-corrected chi connectivity index (χ2v) is 5.30. The van der Waals surface area contributed by atoms with Gasteiger partial charge in [0.15, 0.2) is 0 Å². The largest absolute Gasteiger partial charge is 0.492 e. The van der Waals surface area contributed by atoms with E-state index in [0.717, 1.165) is 37.6 Å². The van der Waals surface area contributed by atoms with E-state index in [2.05, 4.69) is 40.8 Å². The molecule has 0 bridgehead atoms. The molecule has 3 rings (SSSR count). The summed E-state index contributed by atoms with van der Waals surface area (Å²) in [6.07, 6.45) is 1.06. The van der Waals surface area contributed by atoms with Gasteiger partial charge in [0, 0.05) is 25.2 Å². The molecule has 1 N–H and O–H groups in total. The molecule has 1 aliphatic heterocycles. The normalized spacial score (nSPS) is 14.1. The highest BCUT2D eigenvalue weighted by Crippen LogP contribution is 2.16. The minimum absolute atomic E-state index is 0.681. The number of aryl methyl sites for hydroxylation is 2. The number of fused-ring (bicyclic) bond motifs is 1. The minimum Gasteiger partial charge on any atom is -0.492 e. The average molecular weight is 271 g/mol. The quantitative estimate of drug-likeness (QED) is 0.927. The second-order valence-electron chi connectivity index (χ2n) is 5.30. The van der Waals surface area contributed by atoms with Crippen molar-refractivity contribution >= 4 is 0 Å². The van der Waals surface area contributed by atoms with Crippen LogP contribution in [-0.2, 0) is 19.5 Å². The first kappa shape index (κ1) is 13.2. The number of nitrogens with zero attached hydrogens (tertiary/aromatic N) is 2. The molecule has 4 heteroatoms. The number of aromatic nitrogens is 2. The molecule has 1 aliphatic rings. The van der Waals surface area contributed by atoms with Crippen molar-refractivity contribution in [3.8, 4) is 5.75 Å². The molecular weight excluding hydrogens is 250 g/mol. The molecule has 0 amide bonds. The van der Waals surface area contributed by atoms with Crippen molar-refractivity contribution in [1.29, 1.82) is 0 Å². The van der Waals surface area contributed by atoms with Crippen LogP contribution in [0, 0.1) is 13.8 Å². The van der Waals surface area contributed by atoms with Crippen LogP contribution < -0.4 is 10.1 Å². The molecule has 0 saturated heterocycles. The first-order valence-electron chi connectivity index (χ1n) is 7.19. The van der Waals surface area contributed by atoms with Crippen molar-refractivity contribution in [1.82, 2.24) is 14.9 Å². The Morgan fingerprint density at radius 3 is 3.10 bits per heavy atom. The number of benzene rings is 1. The summed E-state index contributed by atoms with van der Waals surface area (Å²) in [6.45, 7) is 7.63. The number of rotatable bonds is 4. The molecule has 1 aromatic carbocycles. The molecular formula is C16H21N3O. The van der Waals surface area contributed by atoms with E-state index in [9.17, 15) is 0 Å². The molecule has 106 valence electrons. The number of ether oxygens (including phenoxy) is 1. The maximum absolute atomic E-state index is 5.84. The summed E-state index contributed by atoms with van der Waals surface area (Å²) in [5.74, 6) is 2.03. The molecule has 2 heterocycles. The van der Waals surface area contributed by atoms with Crippen LogP contribution in [0.25, 0.3) is 0 Å². The Morgan fingerprint density at radius 1 is 1.35 bits per heavy atom. The van der Waals surface area contributed by atoms with E-state index in [-0.39, 0.29) is 0 Å². The van der Waals surface area contributed by atoms with Gasteiger partial charge >= 0.3 is 0 Å². The first-order valence-corrected chi connectivity index (χ1v) is 7.19. The second kappa shape index (κ2) is 5.67. The van der Waals surface area contributed by atoms with Gasteiger partial charge in [-0.05, 0) is 31.5 Å². The maximum atomic E-state index is 5.84. The van der Waals surface area contributed by atoms with E-state index in [4.69, 9.17) is 4.74 Å². The lowest BCUT2D eigenvalue weighted by atomic mass is 10.2. The van der Waals surface area contributed by atoms with Gasteiger partial charge in [-0.3, -0.25) is 0 Å². The van der Waals surface area contributed by atoms with Crippen molar-refractivity contribution in [3.05, 3.63) is 47.0 Å². The van der Waals surface area contributed by atoms with Gasteiger partial charge in [0.2, 0.25) is 0 Å². The summed E-state index contributed by atoms with van der Waals surface area (Å²) in [7, 11) is 0. The van der Waals surface area contributed by atoms with Crippen LogP contribution in [0.1, 0.15) is 22.8 Å². The lowest BCUT2D eigenvalue weighted by molar-refractivity contribution is 0.294. The fourth-order valence-corrected chi connectivity index (χ4v) is 2.76. The summed E-state index contributed by atoms with van der Waals surface area (Å²) >= 11 is 0.